The molecule has 0 aliphatic heterocycles. The van der Waals surface area contributed by atoms with E-state index in [1.54, 1.807) is 4.68 Å². The molecule has 0 saturated carbocycles. The van der Waals surface area contributed by atoms with Crippen LogP contribution in [0.15, 0.2) is 35.4 Å². The van der Waals surface area contributed by atoms with Crippen LogP contribution >= 0.6 is 0 Å². The van der Waals surface area contributed by atoms with Crippen LogP contribution in [0.3, 0.4) is 0 Å². The SMILES string of the molecule is C/C(=N\NC(=O)Cn1nc(C)cc1C)c1ccc(C(C)(C)C)cc1. The van der Waals surface area contributed by atoms with Crippen molar-refractivity contribution in [2.24, 2.45) is 5.10 Å². The summed E-state index contributed by atoms with van der Waals surface area (Å²) in [4.78, 5) is 12.0. The van der Waals surface area contributed by atoms with Crippen LogP contribution in [0.2, 0.25) is 0 Å². The normalized spacial score (nSPS) is 12.3. The Balaban J connectivity index is 2.00. The van der Waals surface area contributed by atoms with Crippen LogP contribution in [-0.4, -0.2) is 21.4 Å². The zero-order valence-corrected chi connectivity index (χ0v) is 15.3. The van der Waals surface area contributed by atoms with Gasteiger partial charge in [-0.2, -0.15) is 10.2 Å². The highest BCUT2D eigenvalue weighted by Gasteiger charge is 2.13. The molecule has 1 heterocycles. The van der Waals surface area contributed by atoms with Gasteiger partial charge in [-0.25, -0.2) is 5.43 Å². The summed E-state index contributed by atoms with van der Waals surface area (Å²) in [5, 5.41) is 8.47. The van der Waals surface area contributed by atoms with E-state index < -0.39 is 0 Å². The Labute approximate surface area is 143 Å². The fraction of sp³-hybridized carbons (Fsp3) is 0.421. The highest BCUT2D eigenvalue weighted by molar-refractivity contribution is 5.99. The lowest BCUT2D eigenvalue weighted by Crippen LogP contribution is -2.25. The molecular weight excluding hydrogens is 300 g/mol. The molecule has 24 heavy (non-hydrogen) atoms. The summed E-state index contributed by atoms with van der Waals surface area (Å²) in [6.07, 6.45) is 0. The Morgan fingerprint density at radius 2 is 1.83 bits per heavy atom. The van der Waals surface area contributed by atoms with Gasteiger partial charge in [0.2, 0.25) is 0 Å². The zero-order valence-electron chi connectivity index (χ0n) is 15.3. The number of rotatable bonds is 4. The largest absolute Gasteiger partial charge is 0.271 e. The minimum atomic E-state index is -0.188. The topological polar surface area (TPSA) is 59.3 Å². The lowest BCUT2D eigenvalue weighted by atomic mass is 9.86. The van der Waals surface area contributed by atoms with E-state index in [-0.39, 0.29) is 17.9 Å². The molecule has 0 aliphatic rings. The number of aryl methyl sites for hydroxylation is 2. The molecule has 5 nitrogen and oxygen atoms in total. The van der Waals surface area contributed by atoms with Crippen molar-refractivity contribution in [2.75, 3.05) is 0 Å². The standard InChI is InChI=1S/C19H26N4O/c1-13-11-14(2)23(22-13)12-18(24)21-20-15(3)16-7-9-17(10-8-16)19(4,5)6/h7-11H,12H2,1-6H3,(H,21,24)/b20-15+. The van der Waals surface area contributed by atoms with Gasteiger partial charge in [-0.3, -0.25) is 9.48 Å². The number of carbonyl (C=O) groups excluding carboxylic acids is 1. The Morgan fingerprint density at radius 1 is 1.21 bits per heavy atom. The molecule has 128 valence electrons. The summed E-state index contributed by atoms with van der Waals surface area (Å²) in [6, 6.07) is 10.2. The van der Waals surface area contributed by atoms with Gasteiger partial charge in [0.05, 0.1) is 11.4 Å². The number of nitrogens with one attached hydrogen (secondary N) is 1. The van der Waals surface area contributed by atoms with Crippen molar-refractivity contribution in [3.8, 4) is 0 Å². The van der Waals surface area contributed by atoms with Crippen LogP contribution in [-0.2, 0) is 16.8 Å². The first kappa shape index (κ1) is 17.9. The van der Waals surface area contributed by atoms with Gasteiger partial charge in [-0.15, -0.1) is 0 Å². The Morgan fingerprint density at radius 3 is 2.33 bits per heavy atom. The maximum absolute atomic E-state index is 12.0. The predicted molar refractivity (Wildman–Crippen MR) is 97.2 cm³/mol. The summed E-state index contributed by atoms with van der Waals surface area (Å²) >= 11 is 0. The van der Waals surface area contributed by atoms with Gasteiger partial charge >= 0.3 is 0 Å². The molecular formula is C19H26N4O. The van der Waals surface area contributed by atoms with Crippen molar-refractivity contribution < 1.29 is 4.79 Å². The van der Waals surface area contributed by atoms with Crippen molar-refractivity contribution in [2.45, 2.75) is 53.5 Å². The first-order valence-electron chi connectivity index (χ1n) is 8.12. The fourth-order valence-electron chi connectivity index (χ4n) is 2.43. The quantitative estimate of drug-likeness (QED) is 0.692. The number of hydrazone groups is 1. The molecule has 0 spiro atoms. The predicted octanol–water partition coefficient (Wildman–Crippen LogP) is 3.34. The van der Waals surface area contributed by atoms with Crippen LogP contribution in [0.4, 0.5) is 0 Å². The number of carbonyl (C=O) groups is 1. The van der Waals surface area contributed by atoms with Gasteiger partial charge in [0, 0.05) is 5.69 Å². The average molecular weight is 326 g/mol. The highest BCUT2D eigenvalue weighted by atomic mass is 16.2. The van der Waals surface area contributed by atoms with Gasteiger partial charge < -0.3 is 0 Å². The van der Waals surface area contributed by atoms with Crippen molar-refractivity contribution in [3.63, 3.8) is 0 Å². The average Bonchev–Trinajstić information content (AvgIpc) is 2.81. The monoisotopic (exact) mass is 326 g/mol. The van der Waals surface area contributed by atoms with Crippen molar-refractivity contribution in [1.29, 1.82) is 0 Å². The smallest absolute Gasteiger partial charge is 0.261 e. The number of hydrogen-bond acceptors (Lipinski definition) is 3. The lowest BCUT2D eigenvalue weighted by molar-refractivity contribution is -0.121. The molecule has 0 fully saturated rings. The van der Waals surface area contributed by atoms with E-state index in [1.165, 1.54) is 5.56 Å². The third-order valence-electron chi connectivity index (χ3n) is 3.91. The van der Waals surface area contributed by atoms with Gasteiger partial charge in [0.1, 0.15) is 6.54 Å². The molecule has 0 aliphatic carbocycles. The van der Waals surface area contributed by atoms with Gasteiger partial charge in [-0.1, -0.05) is 45.0 Å². The number of nitrogens with zero attached hydrogens (tertiary/aromatic N) is 3. The van der Waals surface area contributed by atoms with E-state index in [9.17, 15) is 4.79 Å². The Hall–Kier alpha value is -2.43. The fourth-order valence-corrected chi connectivity index (χ4v) is 2.43. The summed E-state index contributed by atoms with van der Waals surface area (Å²) < 4.78 is 1.67. The van der Waals surface area contributed by atoms with Crippen LogP contribution in [0.25, 0.3) is 0 Å². The van der Waals surface area contributed by atoms with Crippen LogP contribution in [0.1, 0.15) is 50.2 Å². The third kappa shape index (κ3) is 4.54. The number of aromatic nitrogens is 2. The van der Waals surface area contributed by atoms with Gasteiger partial charge in [-0.05, 0) is 43.4 Å². The number of amides is 1. The maximum Gasteiger partial charge on any atom is 0.261 e. The molecule has 1 aromatic heterocycles. The summed E-state index contributed by atoms with van der Waals surface area (Å²) in [6.45, 7) is 12.4. The molecule has 2 aromatic rings. The second-order valence-corrected chi connectivity index (χ2v) is 7.14. The van der Waals surface area contributed by atoms with Crippen LogP contribution < -0.4 is 5.43 Å². The van der Waals surface area contributed by atoms with E-state index in [0.717, 1.165) is 22.7 Å². The summed E-state index contributed by atoms with van der Waals surface area (Å²) in [7, 11) is 0. The molecule has 0 atom stereocenters. The van der Waals surface area contributed by atoms with E-state index in [4.69, 9.17) is 0 Å². The molecule has 0 saturated heterocycles. The van der Waals surface area contributed by atoms with E-state index in [1.807, 2.05) is 39.0 Å². The molecule has 2 rings (SSSR count). The molecule has 0 bridgehead atoms. The highest BCUT2D eigenvalue weighted by Crippen LogP contribution is 2.22. The minimum absolute atomic E-state index is 0.123. The van der Waals surface area contributed by atoms with Crippen LogP contribution in [0, 0.1) is 13.8 Å². The van der Waals surface area contributed by atoms with Crippen molar-refractivity contribution >= 4 is 11.6 Å². The number of hydrogen-bond donors (Lipinski definition) is 1. The maximum atomic E-state index is 12.0. The molecule has 5 heteroatoms. The van der Waals surface area contributed by atoms with Gasteiger partial charge in [0.15, 0.2) is 0 Å². The third-order valence-corrected chi connectivity index (χ3v) is 3.91. The number of benzene rings is 1. The van der Waals surface area contributed by atoms with E-state index in [0.29, 0.717) is 0 Å². The Bertz CT molecular complexity index is 749. The van der Waals surface area contributed by atoms with Gasteiger partial charge in [0.25, 0.3) is 5.91 Å². The van der Waals surface area contributed by atoms with Crippen molar-refractivity contribution in [3.05, 3.63) is 52.8 Å². The second-order valence-electron chi connectivity index (χ2n) is 7.14. The first-order chi connectivity index (χ1) is 11.2. The molecule has 1 aromatic carbocycles. The molecule has 0 unspecified atom stereocenters. The van der Waals surface area contributed by atoms with E-state index in [2.05, 4.69) is 48.5 Å². The van der Waals surface area contributed by atoms with E-state index >= 15 is 0 Å². The Kier molecular flexibility index (Phi) is 5.22. The van der Waals surface area contributed by atoms with Crippen LogP contribution in [0.5, 0.6) is 0 Å². The molecule has 1 N–H and O–H groups in total. The zero-order chi connectivity index (χ0) is 17.9. The minimum Gasteiger partial charge on any atom is -0.271 e. The van der Waals surface area contributed by atoms with Crippen molar-refractivity contribution in [1.82, 2.24) is 15.2 Å². The summed E-state index contributed by atoms with van der Waals surface area (Å²) in [5.74, 6) is -0.188. The summed E-state index contributed by atoms with van der Waals surface area (Å²) in [5.41, 5.74) is 7.62. The lowest BCUT2D eigenvalue weighted by Gasteiger charge is -2.19. The first-order valence-corrected chi connectivity index (χ1v) is 8.12. The second kappa shape index (κ2) is 6.99. The molecule has 1 amide bonds. The molecule has 0 radical (unpaired) electrons.